The molecule has 1 saturated heterocycles. The van der Waals surface area contributed by atoms with Gasteiger partial charge in [-0.3, -0.25) is 9.69 Å². The van der Waals surface area contributed by atoms with Crippen LogP contribution >= 0.6 is 0 Å². The summed E-state index contributed by atoms with van der Waals surface area (Å²) < 4.78 is 10.6. The largest absolute Gasteiger partial charge is 0.493 e. The number of hydrogen-bond donors (Lipinski definition) is 0. The summed E-state index contributed by atoms with van der Waals surface area (Å²) in [5.41, 5.74) is 0.541. The number of piperazine rings is 1. The lowest BCUT2D eigenvalue weighted by molar-refractivity contribution is 0.0636. The fraction of sp³-hybridized carbons (Fsp3) is 0.471. The third-order valence-electron chi connectivity index (χ3n) is 3.87. The van der Waals surface area contributed by atoms with Gasteiger partial charge in [0.05, 0.1) is 19.8 Å². The van der Waals surface area contributed by atoms with E-state index in [4.69, 9.17) is 15.9 Å². The molecule has 0 radical (unpaired) electrons. The van der Waals surface area contributed by atoms with Crippen molar-refractivity contribution in [2.24, 2.45) is 0 Å². The number of amides is 1. The molecule has 22 heavy (non-hydrogen) atoms. The molecule has 5 nitrogen and oxygen atoms in total. The second kappa shape index (κ2) is 7.71. The molecule has 1 amide bonds. The lowest BCUT2D eigenvalue weighted by Gasteiger charge is -2.34. The fourth-order valence-corrected chi connectivity index (χ4v) is 2.62. The Morgan fingerprint density at radius 1 is 1.23 bits per heavy atom. The van der Waals surface area contributed by atoms with E-state index in [1.54, 1.807) is 32.4 Å². The number of ether oxygens (including phenoxy) is 2. The summed E-state index contributed by atoms with van der Waals surface area (Å²) in [6.45, 7) is 3.98. The highest BCUT2D eigenvalue weighted by molar-refractivity contribution is 5.97. The molecular weight excluding hydrogens is 280 g/mol. The van der Waals surface area contributed by atoms with Crippen LogP contribution in [0.2, 0.25) is 0 Å². The summed E-state index contributed by atoms with van der Waals surface area (Å²) in [6.07, 6.45) is 6.04. The first-order valence-corrected chi connectivity index (χ1v) is 7.37. The zero-order chi connectivity index (χ0) is 15.9. The van der Waals surface area contributed by atoms with Crippen LogP contribution in [0.4, 0.5) is 0 Å². The number of carbonyl (C=O) groups excluding carboxylic acids is 1. The number of nitrogens with zero attached hydrogens (tertiary/aromatic N) is 2. The summed E-state index contributed by atoms with van der Waals surface area (Å²) in [6, 6.07) is 5.36. The SMILES string of the molecule is C#CCCN1CCN(C(=O)c2cccc(OC)c2OC)CC1. The molecule has 1 aliphatic heterocycles. The van der Waals surface area contributed by atoms with Crippen molar-refractivity contribution in [3.05, 3.63) is 23.8 Å². The molecule has 118 valence electrons. The Kier molecular flexibility index (Phi) is 5.68. The Morgan fingerprint density at radius 2 is 1.95 bits per heavy atom. The molecule has 1 aromatic rings. The van der Waals surface area contributed by atoms with Crippen molar-refractivity contribution in [3.8, 4) is 23.8 Å². The van der Waals surface area contributed by atoms with Crippen LogP contribution in [-0.2, 0) is 0 Å². The predicted molar refractivity (Wildman–Crippen MR) is 85.3 cm³/mol. The lowest BCUT2D eigenvalue weighted by Crippen LogP contribution is -2.48. The van der Waals surface area contributed by atoms with Gasteiger partial charge in [0.25, 0.3) is 5.91 Å². The van der Waals surface area contributed by atoms with Crippen LogP contribution in [0, 0.1) is 12.3 Å². The number of para-hydroxylation sites is 1. The molecule has 0 N–H and O–H groups in total. The van der Waals surface area contributed by atoms with Gasteiger partial charge < -0.3 is 14.4 Å². The first kappa shape index (κ1) is 16.2. The van der Waals surface area contributed by atoms with E-state index in [0.29, 0.717) is 30.2 Å². The first-order chi connectivity index (χ1) is 10.7. The summed E-state index contributed by atoms with van der Waals surface area (Å²) in [4.78, 5) is 16.8. The number of benzene rings is 1. The van der Waals surface area contributed by atoms with Crippen LogP contribution in [0.25, 0.3) is 0 Å². The molecular formula is C17H22N2O3. The van der Waals surface area contributed by atoms with Crippen molar-refractivity contribution in [1.82, 2.24) is 9.80 Å². The van der Waals surface area contributed by atoms with Crippen LogP contribution in [0.15, 0.2) is 18.2 Å². The van der Waals surface area contributed by atoms with E-state index in [1.807, 2.05) is 4.90 Å². The van der Waals surface area contributed by atoms with Gasteiger partial charge in [-0.05, 0) is 12.1 Å². The maximum Gasteiger partial charge on any atom is 0.257 e. The van der Waals surface area contributed by atoms with E-state index in [9.17, 15) is 4.79 Å². The molecule has 0 unspecified atom stereocenters. The van der Waals surface area contributed by atoms with E-state index < -0.39 is 0 Å². The zero-order valence-electron chi connectivity index (χ0n) is 13.2. The summed E-state index contributed by atoms with van der Waals surface area (Å²) >= 11 is 0. The first-order valence-electron chi connectivity index (χ1n) is 7.37. The topological polar surface area (TPSA) is 42.0 Å². The molecule has 0 aliphatic carbocycles. The Morgan fingerprint density at radius 3 is 2.55 bits per heavy atom. The van der Waals surface area contributed by atoms with Crippen LogP contribution in [0.3, 0.4) is 0 Å². The lowest BCUT2D eigenvalue weighted by atomic mass is 10.1. The highest BCUT2D eigenvalue weighted by Crippen LogP contribution is 2.31. The molecule has 2 rings (SSSR count). The molecule has 1 aliphatic rings. The molecule has 0 bridgehead atoms. The summed E-state index contributed by atoms with van der Waals surface area (Å²) in [7, 11) is 3.11. The van der Waals surface area contributed by atoms with E-state index in [1.165, 1.54) is 0 Å². The number of rotatable bonds is 5. The van der Waals surface area contributed by atoms with E-state index in [2.05, 4.69) is 10.8 Å². The minimum Gasteiger partial charge on any atom is -0.493 e. The maximum atomic E-state index is 12.7. The van der Waals surface area contributed by atoms with Crippen molar-refractivity contribution in [3.63, 3.8) is 0 Å². The fourth-order valence-electron chi connectivity index (χ4n) is 2.62. The molecule has 1 heterocycles. The minimum absolute atomic E-state index is 0.0210. The normalized spacial score (nSPS) is 15.2. The van der Waals surface area contributed by atoms with Gasteiger partial charge in [-0.1, -0.05) is 6.07 Å². The van der Waals surface area contributed by atoms with Gasteiger partial charge in [-0.15, -0.1) is 12.3 Å². The Hall–Kier alpha value is -2.19. The van der Waals surface area contributed by atoms with Crippen LogP contribution < -0.4 is 9.47 Å². The molecule has 0 aromatic heterocycles. The van der Waals surface area contributed by atoms with E-state index in [0.717, 1.165) is 26.1 Å². The van der Waals surface area contributed by atoms with Gasteiger partial charge in [0.15, 0.2) is 11.5 Å². The smallest absolute Gasteiger partial charge is 0.257 e. The summed E-state index contributed by atoms with van der Waals surface area (Å²) in [5.74, 6) is 3.69. The number of methoxy groups -OCH3 is 2. The zero-order valence-corrected chi connectivity index (χ0v) is 13.2. The standard InChI is InChI=1S/C17H22N2O3/c1-4-5-9-18-10-12-19(13-11-18)17(20)14-7-6-8-15(21-2)16(14)22-3/h1,6-8H,5,9-13H2,2-3H3. The molecule has 1 aromatic carbocycles. The highest BCUT2D eigenvalue weighted by atomic mass is 16.5. The Balaban J connectivity index is 2.06. The summed E-state index contributed by atoms with van der Waals surface area (Å²) in [5, 5.41) is 0. The van der Waals surface area contributed by atoms with Crippen molar-refractivity contribution in [1.29, 1.82) is 0 Å². The molecule has 0 atom stereocenters. The quantitative estimate of drug-likeness (QED) is 0.773. The predicted octanol–water partition coefficient (Wildman–Crippen LogP) is 1.48. The number of terminal acetylenes is 1. The van der Waals surface area contributed by atoms with Crippen LogP contribution in [0.1, 0.15) is 16.8 Å². The average molecular weight is 302 g/mol. The van der Waals surface area contributed by atoms with Crippen molar-refractivity contribution >= 4 is 5.91 Å². The van der Waals surface area contributed by atoms with Gasteiger partial charge in [-0.25, -0.2) is 0 Å². The maximum absolute atomic E-state index is 12.7. The molecule has 0 spiro atoms. The molecule has 1 fully saturated rings. The van der Waals surface area contributed by atoms with Crippen molar-refractivity contribution < 1.29 is 14.3 Å². The Bertz CT molecular complexity index is 558. The average Bonchev–Trinajstić information content (AvgIpc) is 2.58. The van der Waals surface area contributed by atoms with Gasteiger partial charge in [-0.2, -0.15) is 0 Å². The van der Waals surface area contributed by atoms with Gasteiger partial charge in [0.2, 0.25) is 0 Å². The second-order valence-electron chi connectivity index (χ2n) is 5.13. The second-order valence-corrected chi connectivity index (χ2v) is 5.13. The number of hydrogen-bond acceptors (Lipinski definition) is 4. The van der Waals surface area contributed by atoms with E-state index >= 15 is 0 Å². The third-order valence-corrected chi connectivity index (χ3v) is 3.87. The highest BCUT2D eigenvalue weighted by Gasteiger charge is 2.25. The van der Waals surface area contributed by atoms with E-state index in [-0.39, 0.29) is 5.91 Å². The molecule has 5 heteroatoms. The minimum atomic E-state index is -0.0210. The van der Waals surface area contributed by atoms with Crippen LogP contribution in [0.5, 0.6) is 11.5 Å². The third kappa shape index (κ3) is 3.52. The van der Waals surface area contributed by atoms with Crippen LogP contribution in [-0.4, -0.2) is 62.7 Å². The Labute approximate surface area is 131 Å². The van der Waals surface area contributed by atoms with Gasteiger partial charge in [0.1, 0.15) is 0 Å². The van der Waals surface area contributed by atoms with Gasteiger partial charge in [0, 0.05) is 39.1 Å². The number of carbonyl (C=O) groups is 1. The van der Waals surface area contributed by atoms with Gasteiger partial charge >= 0.3 is 0 Å². The molecule has 0 saturated carbocycles. The van der Waals surface area contributed by atoms with Crippen molar-refractivity contribution in [2.75, 3.05) is 46.9 Å². The van der Waals surface area contributed by atoms with Crippen molar-refractivity contribution in [2.45, 2.75) is 6.42 Å². The monoisotopic (exact) mass is 302 g/mol.